The first kappa shape index (κ1) is 24.7. The Labute approximate surface area is 208 Å². The minimum absolute atomic E-state index is 0.0523. The molecule has 8 heteroatoms. The molecule has 0 bridgehead atoms. The molecule has 0 spiro atoms. The molecule has 35 heavy (non-hydrogen) atoms. The van der Waals surface area contributed by atoms with Gasteiger partial charge in [-0.3, -0.25) is 9.59 Å². The maximum Gasteiger partial charge on any atom is 0.335 e. The Morgan fingerprint density at radius 2 is 1.91 bits per heavy atom. The van der Waals surface area contributed by atoms with E-state index in [1.54, 1.807) is 31.2 Å². The first-order valence-corrected chi connectivity index (χ1v) is 11.8. The Balaban J connectivity index is 1.77. The highest BCUT2D eigenvalue weighted by molar-refractivity contribution is 6.34. The molecule has 0 saturated carbocycles. The number of allylic oxidation sites excluding steroid dienone is 2. The lowest BCUT2D eigenvalue weighted by Crippen LogP contribution is -2.29. The van der Waals surface area contributed by atoms with Crippen LogP contribution in [0.15, 0.2) is 42.5 Å². The number of carboxylic acid groups (broad SMARTS) is 1. The second-order valence-corrected chi connectivity index (χ2v) is 10.2. The van der Waals surface area contributed by atoms with Gasteiger partial charge < -0.3 is 9.84 Å². The van der Waals surface area contributed by atoms with Crippen molar-refractivity contribution in [3.63, 3.8) is 0 Å². The normalized spacial score (nSPS) is 16.1. The van der Waals surface area contributed by atoms with E-state index >= 15 is 0 Å². The van der Waals surface area contributed by atoms with Crippen molar-refractivity contribution in [2.24, 2.45) is 5.92 Å². The summed E-state index contributed by atoms with van der Waals surface area (Å²) < 4.78 is 6.76. The third kappa shape index (κ3) is 5.00. The fourth-order valence-electron chi connectivity index (χ4n) is 4.30. The lowest BCUT2D eigenvalue weighted by Gasteiger charge is -2.25. The van der Waals surface area contributed by atoms with Crippen LogP contribution in [-0.2, 0) is 9.53 Å². The third-order valence-corrected chi connectivity index (χ3v) is 6.33. The van der Waals surface area contributed by atoms with Crippen molar-refractivity contribution in [3.05, 3.63) is 69.9 Å². The molecule has 7 nitrogen and oxygen atoms in total. The van der Waals surface area contributed by atoms with Gasteiger partial charge in [0, 0.05) is 5.39 Å². The molecule has 1 unspecified atom stereocenters. The highest BCUT2D eigenvalue weighted by Gasteiger charge is 2.29. The second kappa shape index (κ2) is 9.30. The molecule has 1 N–H and O–H groups in total. The van der Waals surface area contributed by atoms with Crippen LogP contribution >= 0.6 is 11.6 Å². The number of esters is 1. The number of halogens is 1. The summed E-state index contributed by atoms with van der Waals surface area (Å²) in [5, 5.41) is 15.1. The predicted molar refractivity (Wildman–Crippen MR) is 134 cm³/mol. The molecule has 1 aromatic heterocycles. The summed E-state index contributed by atoms with van der Waals surface area (Å²) in [6.07, 6.45) is 3.64. The van der Waals surface area contributed by atoms with Gasteiger partial charge in [-0.05, 0) is 82.4 Å². The fourth-order valence-corrected chi connectivity index (χ4v) is 4.60. The van der Waals surface area contributed by atoms with Gasteiger partial charge in [-0.25, -0.2) is 4.79 Å². The highest BCUT2D eigenvalue weighted by atomic mass is 35.5. The number of hydrogen-bond acceptors (Lipinski definition) is 5. The van der Waals surface area contributed by atoms with Gasteiger partial charge in [-0.15, -0.1) is 0 Å². The molecule has 1 atom stereocenters. The van der Waals surface area contributed by atoms with Gasteiger partial charge in [0.25, 0.3) is 5.91 Å². The molecular formula is C27H27ClN2O5. The molecule has 0 aliphatic heterocycles. The number of fused-ring (bicyclic) bond motifs is 1. The predicted octanol–water partition coefficient (Wildman–Crippen LogP) is 5.91. The van der Waals surface area contributed by atoms with Crippen LogP contribution in [0.4, 0.5) is 0 Å². The minimum atomic E-state index is -1.10. The Kier molecular flexibility index (Phi) is 6.56. The number of nitrogens with zero attached hydrogens (tertiary/aromatic N) is 2. The largest absolute Gasteiger partial charge is 0.478 e. The lowest BCUT2D eigenvalue weighted by molar-refractivity contribution is -0.160. The fraction of sp³-hybridized carbons (Fsp3) is 0.333. The number of benzene rings is 2. The van der Waals surface area contributed by atoms with E-state index in [0.717, 1.165) is 5.57 Å². The molecule has 1 aliphatic carbocycles. The molecule has 0 saturated heterocycles. The summed E-state index contributed by atoms with van der Waals surface area (Å²) in [6.45, 7) is 7.32. The smallest absolute Gasteiger partial charge is 0.335 e. The molecular weight excluding hydrogens is 468 g/mol. The third-order valence-electron chi connectivity index (χ3n) is 6.01. The van der Waals surface area contributed by atoms with E-state index in [0.29, 0.717) is 52.0 Å². The van der Waals surface area contributed by atoms with Crippen molar-refractivity contribution < 1.29 is 24.2 Å². The number of carbonyl (C=O) groups is 3. The van der Waals surface area contributed by atoms with Crippen molar-refractivity contribution in [2.45, 2.75) is 52.6 Å². The summed E-state index contributed by atoms with van der Waals surface area (Å²) in [6, 6.07) is 9.80. The van der Waals surface area contributed by atoms with Gasteiger partial charge in [-0.2, -0.15) is 9.78 Å². The quantitative estimate of drug-likeness (QED) is 0.453. The van der Waals surface area contributed by atoms with Gasteiger partial charge in [-0.1, -0.05) is 29.8 Å². The maximum atomic E-state index is 13.5. The molecule has 0 amide bonds. The molecule has 2 aromatic carbocycles. The van der Waals surface area contributed by atoms with E-state index in [4.69, 9.17) is 16.3 Å². The van der Waals surface area contributed by atoms with E-state index in [1.165, 1.54) is 16.8 Å². The molecule has 0 radical (unpaired) electrons. The standard InChI is InChI=1S/C27H27ClN2O5/c1-15-6-5-7-20(28)22(15)24(31)30-21-14-18(25(32)33)12-13-19(21)23(29-30)16-8-10-17(11-9-16)26(34)35-27(2,3)4/h5-8,12-14,17H,9-11H2,1-4H3,(H,32,33). The molecule has 182 valence electrons. The zero-order chi connectivity index (χ0) is 25.5. The van der Waals surface area contributed by atoms with E-state index in [2.05, 4.69) is 5.10 Å². The van der Waals surface area contributed by atoms with Gasteiger partial charge in [0.2, 0.25) is 0 Å². The van der Waals surface area contributed by atoms with Gasteiger partial charge in [0.15, 0.2) is 0 Å². The first-order valence-electron chi connectivity index (χ1n) is 11.4. The number of carbonyl (C=O) groups excluding carboxylic acids is 2. The van der Waals surface area contributed by atoms with Crippen LogP contribution in [0, 0.1) is 12.8 Å². The Bertz CT molecular complexity index is 1360. The maximum absolute atomic E-state index is 13.5. The van der Waals surface area contributed by atoms with Gasteiger partial charge >= 0.3 is 11.9 Å². The van der Waals surface area contributed by atoms with Crippen molar-refractivity contribution in [1.29, 1.82) is 0 Å². The van der Waals surface area contributed by atoms with Crippen LogP contribution in [0.25, 0.3) is 16.5 Å². The Morgan fingerprint density at radius 1 is 1.17 bits per heavy atom. The first-order chi connectivity index (χ1) is 16.5. The Hall–Kier alpha value is -3.45. The van der Waals surface area contributed by atoms with Crippen molar-refractivity contribution in [2.75, 3.05) is 0 Å². The van der Waals surface area contributed by atoms with Crippen LogP contribution in [0.2, 0.25) is 5.02 Å². The molecule has 3 aromatic rings. The average molecular weight is 495 g/mol. The van der Waals surface area contributed by atoms with Crippen LogP contribution in [-0.4, -0.2) is 38.3 Å². The van der Waals surface area contributed by atoms with Crippen molar-refractivity contribution in [1.82, 2.24) is 9.78 Å². The lowest BCUT2D eigenvalue weighted by atomic mass is 9.87. The van der Waals surface area contributed by atoms with Gasteiger partial charge in [0.05, 0.1) is 33.3 Å². The van der Waals surface area contributed by atoms with E-state index in [1.807, 2.05) is 26.8 Å². The number of ether oxygens (including phenoxy) is 1. The van der Waals surface area contributed by atoms with Crippen molar-refractivity contribution in [3.8, 4) is 0 Å². The summed E-state index contributed by atoms with van der Waals surface area (Å²) in [7, 11) is 0. The average Bonchev–Trinajstić information content (AvgIpc) is 3.16. The number of hydrogen-bond donors (Lipinski definition) is 1. The SMILES string of the molecule is Cc1cccc(Cl)c1C(=O)n1nc(C2=CCC(C(=O)OC(C)(C)C)CC2)c2ccc(C(=O)O)cc21. The zero-order valence-corrected chi connectivity index (χ0v) is 20.8. The van der Waals surface area contributed by atoms with Crippen LogP contribution in [0.3, 0.4) is 0 Å². The molecule has 0 fully saturated rings. The Morgan fingerprint density at radius 3 is 2.51 bits per heavy atom. The summed E-state index contributed by atoms with van der Waals surface area (Å²) >= 11 is 6.34. The van der Waals surface area contributed by atoms with Crippen LogP contribution < -0.4 is 0 Å². The highest BCUT2D eigenvalue weighted by Crippen LogP contribution is 2.35. The van der Waals surface area contributed by atoms with E-state index in [-0.39, 0.29) is 17.5 Å². The monoisotopic (exact) mass is 494 g/mol. The number of aryl methyl sites for hydroxylation is 1. The molecule has 1 aliphatic rings. The summed E-state index contributed by atoms with van der Waals surface area (Å²) in [4.78, 5) is 37.7. The van der Waals surface area contributed by atoms with Gasteiger partial charge in [0.1, 0.15) is 5.60 Å². The second-order valence-electron chi connectivity index (χ2n) is 9.77. The number of rotatable bonds is 4. The van der Waals surface area contributed by atoms with Crippen LogP contribution in [0.1, 0.15) is 72.0 Å². The topological polar surface area (TPSA) is 98.5 Å². The number of carboxylic acids is 1. The minimum Gasteiger partial charge on any atom is -0.478 e. The number of aromatic nitrogens is 2. The summed E-state index contributed by atoms with van der Waals surface area (Å²) in [5.41, 5.74) is 2.40. The van der Waals surface area contributed by atoms with E-state index in [9.17, 15) is 19.5 Å². The zero-order valence-electron chi connectivity index (χ0n) is 20.1. The van der Waals surface area contributed by atoms with E-state index < -0.39 is 17.5 Å². The number of aromatic carboxylic acids is 1. The molecule has 4 rings (SSSR count). The van der Waals surface area contributed by atoms with Crippen LogP contribution in [0.5, 0.6) is 0 Å². The summed E-state index contributed by atoms with van der Waals surface area (Å²) in [5.74, 6) is -1.99. The molecule has 1 heterocycles. The van der Waals surface area contributed by atoms with Crippen molar-refractivity contribution >= 4 is 45.9 Å².